The van der Waals surface area contributed by atoms with Gasteiger partial charge in [0.15, 0.2) is 0 Å². The third-order valence-electron chi connectivity index (χ3n) is 9.83. The van der Waals surface area contributed by atoms with E-state index in [1.165, 1.54) is 12.1 Å². The SMILES string of the molecule is CCN(C(=O)c1cc(-c2c(C(N)=O)ccc(C(N)=O)c2-c2cc(C(=O)N(CC)C3=NCCCN3)n(CCC(C)C)c2)cn1CCC(C)C)C1=NCCCN1. The minimum absolute atomic E-state index is 0.152. The van der Waals surface area contributed by atoms with Crippen molar-refractivity contribution < 1.29 is 19.2 Å². The molecule has 14 heteroatoms. The van der Waals surface area contributed by atoms with Gasteiger partial charge in [0.1, 0.15) is 11.4 Å². The summed E-state index contributed by atoms with van der Waals surface area (Å²) < 4.78 is 3.80. The number of aryl methyl sites for hydroxylation is 2. The van der Waals surface area contributed by atoms with Crippen LogP contribution in [0.25, 0.3) is 22.3 Å². The summed E-state index contributed by atoms with van der Waals surface area (Å²) in [4.78, 5) is 67.6. The highest BCUT2D eigenvalue weighted by Crippen LogP contribution is 2.40. The molecule has 0 bridgehead atoms. The third-order valence-corrected chi connectivity index (χ3v) is 9.83. The average Bonchev–Trinajstić information content (AvgIpc) is 3.78. The number of nitrogens with two attached hydrogens (primary N) is 2. The normalized spacial score (nSPS) is 14.3. The number of aromatic nitrogens is 2. The van der Waals surface area contributed by atoms with Crippen molar-refractivity contribution in [3.8, 4) is 22.3 Å². The summed E-state index contributed by atoms with van der Waals surface area (Å²) in [7, 11) is 0. The zero-order valence-electron chi connectivity index (χ0n) is 32.6. The minimum atomic E-state index is -0.713. The van der Waals surface area contributed by atoms with Gasteiger partial charge in [-0.25, -0.2) is 0 Å². The molecule has 14 nitrogen and oxygen atoms in total. The predicted octanol–water partition coefficient (Wildman–Crippen LogP) is 4.54. The molecule has 4 heterocycles. The molecule has 290 valence electrons. The predicted molar refractivity (Wildman–Crippen MR) is 213 cm³/mol. The zero-order valence-corrected chi connectivity index (χ0v) is 32.6. The van der Waals surface area contributed by atoms with Crippen molar-refractivity contribution >= 4 is 35.5 Å². The summed E-state index contributed by atoms with van der Waals surface area (Å²) in [6.45, 7) is 16.8. The van der Waals surface area contributed by atoms with Gasteiger partial charge in [-0.3, -0.25) is 39.0 Å². The molecule has 0 saturated heterocycles. The first-order valence-corrected chi connectivity index (χ1v) is 19.2. The Hall–Kier alpha value is -5.40. The molecular weight excluding hydrogens is 685 g/mol. The maximum atomic E-state index is 14.4. The first-order valence-electron chi connectivity index (χ1n) is 19.2. The molecule has 3 aromatic rings. The number of guanidine groups is 2. The highest BCUT2D eigenvalue weighted by atomic mass is 16.2. The fourth-order valence-electron chi connectivity index (χ4n) is 6.89. The number of nitrogens with one attached hydrogen (secondary N) is 2. The van der Waals surface area contributed by atoms with Gasteiger partial charge in [0.05, 0.1) is 0 Å². The average molecular weight is 741 g/mol. The van der Waals surface area contributed by atoms with Crippen molar-refractivity contribution in [1.82, 2.24) is 29.6 Å². The van der Waals surface area contributed by atoms with E-state index in [1.54, 1.807) is 21.9 Å². The lowest BCUT2D eigenvalue weighted by Gasteiger charge is -2.26. The van der Waals surface area contributed by atoms with Crippen LogP contribution in [0.2, 0.25) is 0 Å². The highest BCUT2D eigenvalue weighted by molar-refractivity contribution is 6.13. The summed E-state index contributed by atoms with van der Waals surface area (Å²) in [6.07, 6.45) is 7.01. The van der Waals surface area contributed by atoms with E-state index in [2.05, 4.69) is 48.3 Å². The number of hydrogen-bond donors (Lipinski definition) is 4. The Morgan fingerprint density at radius 3 is 1.39 bits per heavy atom. The second kappa shape index (κ2) is 17.6. The lowest BCUT2D eigenvalue weighted by atomic mass is 9.88. The number of aliphatic imine (C=N–C) groups is 2. The molecule has 0 fully saturated rings. The van der Waals surface area contributed by atoms with Gasteiger partial charge in [-0.15, -0.1) is 0 Å². The molecule has 54 heavy (non-hydrogen) atoms. The van der Waals surface area contributed by atoms with Crippen LogP contribution in [-0.4, -0.2) is 93.8 Å². The molecule has 0 spiro atoms. The van der Waals surface area contributed by atoms with Gasteiger partial charge in [0.25, 0.3) is 11.8 Å². The van der Waals surface area contributed by atoms with Gasteiger partial charge in [-0.05, 0) is 75.6 Å². The van der Waals surface area contributed by atoms with Crippen molar-refractivity contribution in [2.75, 3.05) is 39.3 Å². The van der Waals surface area contributed by atoms with E-state index in [4.69, 9.17) is 11.5 Å². The second-order valence-electron chi connectivity index (χ2n) is 14.7. The quantitative estimate of drug-likeness (QED) is 0.188. The van der Waals surface area contributed by atoms with E-state index in [0.29, 0.717) is 96.7 Å². The largest absolute Gasteiger partial charge is 0.366 e. The van der Waals surface area contributed by atoms with Crippen LogP contribution in [0.5, 0.6) is 0 Å². The van der Waals surface area contributed by atoms with Crippen LogP contribution in [-0.2, 0) is 13.1 Å². The number of benzene rings is 1. The molecule has 0 aliphatic carbocycles. The van der Waals surface area contributed by atoms with Gasteiger partial charge >= 0.3 is 0 Å². The minimum Gasteiger partial charge on any atom is -0.366 e. The summed E-state index contributed by atoms with van der Waals surface area (Å²) >= 11 is 0. The number of carbonyl (C=O) groups is 4. The molecule has 0 radical (unpaired) electrons. The van der Waals surface area contributed by atoms with E-state index >= 15 is 0 Å². The molecule has 0 atom stereocenters. The van der Waals surface area contributed by atoms with Crippen LogP contribution < -0.4 is 22.1 Å². The van der Waals surface area contributed by atoms with Gasteiger partial charge < -0.3 is 31.2 Å². The lowest BCUT2D eigenvalue weighted by molar-refractivity contribution is 0.0828. The number of hydrogen-bond acceptors (Lipinski definition) is 8. The Bertz CT molecular complexity index is 1800. The van der Waals surface area contributed by atoms with Crippen LogP contribution in [0, 0.1) is 11.8 Å². The Morgan fingerprint density at radius 1 is 0.704 bits per heavy atom. The van der Waals surface area contributed by atoms with E-state index in [9.17, 15) is 19.2 Å². The standard InChI is InChI=1S/C40H56N10O4/c1-7-49(39-43-15-9-16-44-39)37(53)31-21-27(23-47(31)19-13-25(3)4)33-29(35(41)51)11-12-30(36(42)52)34(33)28-22-32(48(24-28)20-14-26(5)6)38(54)50(8-2)40-45-17-10-18-46-40/h11-12,21-26H,7-10,13-20H2,1-6H3,(H2,41,51)(H2,42,52)(H,43,44)(H,45,46). The maximum absolute atomic E-state index is 14.4. The third kappa shape index (κ3) is 8.69. The van der Waals surface area contributed by atoms with Gasteiger partial charge in [0, 0.05) is 98.1 Å². The maximum Gasteiger partial charge on any atom is 0.277 e. The Kier molecular flexibility index (Phi) is 13.0. The van der Waals surface area contributed by atoms with Crippen molar-refractivity contribution in [2.45, 2.75) is 80.3 Å². The molecule has 6 N–H and O–H groups in total. The monoisotopic (exact) mass is 740 g/mol. The molecule has 2 aromatic heterocycles. The molecule has 2 aliphatic rings. The van der Waals surface area contributed by atoms with Crippen LogP contribution in [0.3, 0.4) is 0 Å². The fourth-order valence-corrected chi connectivity index (χ4v) is 6.89. The van der Waals surface area contributed by atoms with E-state index in [0.717, 1.165) is 38.8 Å². The number of carbonyl (C=O) groups excluding carboxylic acids is 4. The first-order chi connectivity index (χ1) is 25.9. The second-order valence-corrected chi connectivity index (χ2v) is 14.7. The molecule has 0 unspecified atom stereocenters. The number of amides is 4. The van der Waals surface area contributed by atoms with E-state index in [-0.39, 0.29) is 22.9 Å². The molecule has 0 saturated carbocycles. The summed E-state index contributed by atoms with van der Waals surface area (Å²) in [6, 6.07) is 6.50. The van der Waals surface area contributed by atoms with Crippen molar-refractivity contribution in [2.24, 2.45) is 33.3 Å². The first kappa shape index (κ1) is 39.8. The number of rotatable bonds is 14. The van der Waals surface area contributed by atoms with Crippen molar-refractivity contribution in [1.29, 1.82) is 0 Å². The molecule has 1 aromatic carbocycles. The summed E-state index contributed by atoms with van der Waals surface area (Å²) in [5.74, 6) is -0.182. The Labute approximate surface area is 318 Å². The molecule has 4 amide bonds. The summed E-state index contributed by atoms with van der Waals surface area (Å²) in [5.41, 5.74) is 15.0. The Balaban J connectivity index is 1.75. The molecule has 2 aliphatic heterocycles. The fraction of sp³-hybridized carbons (Fsp3) is 0.500. The van der Waals surface area contributed by atoms with E-state index < -0.39 is 11.8 Å². The van der Waals surface area contributed by atoms with Crippen molar-refractivity contribution in [3.05, 3.63) is 59.2 Å². The summed E-state index contributed by atoms with van der Waals surface area (Å²) in [5, 5.41) is 6.52. The number of primary amides is 2. The van der Waals surface area contributed by atoms with Gasteiger partial charge in [-0.1, -0.05) is 27.7 Å². The number of nitrogens with zero attached hydrogens (tertiary/aromatic N) is 6. The molecule has 5 rings (SSSR count). The smallest absolute Gasteiger partial charge is 0.277 e. The van der Waals surface area contributed by atoms with Crippen LogP contribution in [0.4, 0.5) is 0 Å². The van der Waals surface area contributed by atoms with E-state index in [1.807, 2.05) is 35.4 Å². The van der Waals surface area contributed by atoms with Gasteiger partial charge in [0.2, 0.25) is 23.7 Å². The topological polar surface area (TPSA) is 185 Å². The Morgan fingerprint density at radius 2 is 1.09 bits per heavy atom. The van der Waals surface area contributed by atoms with Crippen LogP contribution in [0.15, 0.2) is 46.6 Å². The van der Waals surface area contributed by atoms with Crippen LogP contribution in [0.1, 0.15) is 109 Å². The van der Waals surface area contributed by atoms with Gasteiger partial charge in [-0.2, -0.15) is 0 Å². The highest BCUT2D eigenvalue weighted by Gasteiger charge is 2.30. The zero-order chi connectivity index (χ0) is 39.1. The van der Waals surface area contributed by atoms with Crippen LogP contribution >= 0.6 is 0 Å². The molecular formula is C40H56N10O4. The van der Waals surface area contributed by atoms with Crippen molar-refractivity contribution in [3.63, 3.8) is 0 Å². The lowest BCUT2D eigenvalue weighted by Crippen LogP contribution is -2.47.